The summed E-state index contributed by atoms with van der Waals surface area (Å²) >= 11 is 0. The summed E-state index contributed by atoms with van der Waals surface area (Å²) in [6.07, 6.45) is -0.479. The lowest BCUT2D eigenvalue weighted by Gasteiger charge is -2.41. The lowest BCUT2D eigenvalue weighted by Crippen LogP contribution is -2.53. The molecule has 98 valence electrons. The summed E-state index contributed by atoms with van der Waals surface area (Å²) < 4.78 is 0. The number of nitrogens with two attached hydrogens (primary N) is 1. The highest BCUT2D eigenvalue weighted by Gasteiger charge is 2.35. The van der Waals surface area contributed by atoms with Crippen molar-refractivity contribution >= 4 is 17.3 Å². The minimum atomic E-state index is -1.06. The molecule has 5 N–H and O–H groups in total. The third kappa shape index (κ3) is 2.12. The van der Waals surface area contributed by atoms with Crippen LogP contribution in [0.5, 0.6) is 0 Å². The Morgan fingerprint density at radius 1 is 1.56 bits per heavy atom. The predicted octanol–water partition coefficient (Wildman–Crippen LogP) is -0.0422. The van der Waals surface area contributed by atoms with Gasteiger partial charge in [0.15, 0.2) is 0 Å². The van der Waals surface area contributed by atoms with Crippen LogP contribution in [0.3, 0.4) is 0 Å². The molecule has 1 heterocycles. The number of anilines is 2. The number of aliphatic carboxylic acids is 1. The molecule has 1 aromatic rings. The standard InChI is InChI=1S/C12H16N2O4/c13-7-1-2-9(8(5-7)11(16)6-15)14-4-3-10(14)12(17)18/h1-2,5,10-11,15-16H,3-4,6,13H2,(H,17,18). The molecule has 1 fully saturated rings. The minimum absolute atomic E-state index is 0.429. The Labute approximate surface area is 104 Å². The molecule has 1 saturated heterocycles. The van der Waals surface area contributed by atoms with Crippen LogP contribution < -0.4 is 10.6 Å². The van der Waals surface area contributed by atoms with Crippen molar-refractivity contribution in [2.45, 2.75) is 18.6 Å². The largest absolute Gasteiger partial charge is 0.480 e. The van der Waals surface area contributed by atoms with E-state index in [2.05, 4.69) is 0 Å². The first kappa shape index (κ1) is 12.7. The quantitative estimate of drug-likeness (QED) is 0.560. The zero-order valence-corrected chi connectivity index (χ0v) is 9.78. The molecule has 0 radical (unpaired) electrons. The van der Waals surface area contributed by atoms with Crippen molar-refractivity contribution in [3.63, 3.8) is 0 Å². The van der Waals surface area contributed by atoms with Crippen LogP contribution in [0, 0.1) is 0 Å². The highest BCUT2D eigenvalue weighted by atomic mass is 16.4. The molecule has 0 spiro atoms. The third-order valence-corrected chi connectivity index (χ3v) is 3.20. The van der Waals surface area contributed by atoms with E-state index in [1.807, 2.05) is 0 Å². The molecule has 1 aliphatic rings. The first-order chi connectivity index (χ1) is 8.54. The van der Waals surface area contributed by atoms with Gasteiger partial charge in [-0.1, -0.05) is 0 Å². The molecular formula is C12H16N2O4. The van der Waals surface area contributed by atoms with Gasteiger partial charge in [0.1, 0.15) is 12.1 Å². The number of hydrogen-bond donors (Lipinski definition) is 4. The van der Waals surface area contributed by atoms with E-state index in [-0.39, 0.29) is 0 Å². The van der Waals surface area contributed by atoms with Crippen molar-refractivity contribution < 1.29 is 20.1 Å². The molecule has 2 atom stereocenters. The van der Waals surface area contributed by atoms with Crippen LogP contribution >= 0.6 is 0 Å². The van der Waals surface area contributed by atoms with E-state index in [4.69, 9.17) is 15.9 Å². The molecule has 6 nitrogen and oxygen atoms in total. The van der Waals surface area contributed by atoms with Gasteiger partial charge in [-0.3, -0.25) is 0 Å². The zero-order chi connectivity index (χ0) is 13.3. The Bertz CT molecular complexity index is 463. The smallest absolute Gasteiger partial charge is 0.326 e. The number of rotatable bonds is 4. The molecule has 0 saturated carbocycles. The van der Waals surface area contributed by atoms with Gasteiger partial charge in [0.2, 0.25) is 0 Å². The van der Waals surface area contributed by atoms with Gasteiger partial charge in [-0.05, 0) is 24.6 Å². The van der Waals surface area contributed by atoms with Crippen molar-refractivity contribution in [1.29, 1.82) is 0 Å². The Morgan fingerprint density at radius 2 is 2.28 bits per heavy atom. The molecule has 2 rings (SSSR count). The zero-order valence-electron chi connectivity index (χ0n) is 9.78. The van der Waals surface area contributed by atoms with E-state index >= 15 is 0 Å². The topological polar surface area (TPSA) is 107 Å². The SMILES string of the molecule is Nc1ccc(N2CCC2C(=O)O)c(C(O)CO)c1. The summed E-state index contributed by atoms with van der Waals surface area (Å²) in [5, 5.41) is 27.8. The average molecular weight is 252 g/mol. The van der Waals surface area contributed by atoms with Gasteiger partial charge in [0.25, 0.3) is 0 Å². The second-order valence-electron chi connectivity index (χ2n) is 4.35. The summed E-state index contributed by atoms with van der Waals surface area (Å²) in [4.78, 5) is 12.7. The maximum atomic E-state index is 11.0. The number of benzene rings is 1. The highest BCUT2D eigenvalue weighted by Crippen LogP contribution is 2.34. The minimum Gasteiger partial charge on any atom is -0.480 e. The third-order valence-electron chi connectivity index (χ3n) is 3.20. The van der Waals surface area contributed by atoms with E-state index in [0.717, 1.165) is 0 Å². The van der Waals surface area contributed by atoms with Crippen LogP contribution in [0.2, 0.25) is 0 Å². The fourth-order valence-corrected chi connectivity index (χ4v) is 2.13. The van der Waals surface area contributed by atoms with Crippen LogP contribution in [-0.4, -0.2) is 40.5 Å². The van der Waals surface area contributed by atoms with Gasteiger partial charge in [-0.25, -0.2) is 4.79 Å². The molecule has 0 aromatic heterocycles. The number of aliphatic hydroxyl groups excluding tert-OH is 2. The highest BCUT2D eigenvalue weighted by molar-refractivity contribution is 5.81. The fraction of sp³-hybridized carbons (Fsp3) is 0.417. The van der Waals surface area contributed by atoms with Crippen LogP contribution in [0.15, 0.2) is 18.2 Å². The van der Waals surface area contributed by atoms with E-state index < -0.39 is 24.7 Å². The van der Waals surface area contributed by atoms with Crippen LogP contribution in [0.25, 0.3) is 0 Å². The van der Waals surface area contributed by atoms with Crippen molar-refractivity contribution in [2.75, 3.05) is 23.8 Å². The van der Waals surface area contributed by atoms with Crippen molar-refractivity contribution in [3.05, 3.63) is 23.8 Å². The second-order valence-corrected chi connectivity index (χ2v) is 4.35. The maximum Gasteiger partial charge on any atom is 0.326 e. The van der Waals surface area contributed by atoms with E-state index in [1.54, 1.807) is 23.1 Å². The molecule has 6 heteroatoms. The summed E-state index contributed by atoms with van der Waals surface area (Å²) in [6.45, 7) is 0.189. The van der Waals surface area contributed by atoms with Gasteiger partial charge in [-0.2, -0.15) is 0 Å². The number of carbonyl (C=O) groups is 1. The lowest BCUT2D eigenvalue weighted by molar-refractivity contribution is -0.139. The number of aliphatic hydroxyl groups is 2. The first-order valence-electron chi connectivity index (χ1n) is 5.72. The monoisotopic (exact) mass is 252 g/mol. The van der Waals surface area contributed by atoms with Gasteiger partial charge in [-0.15, -0.1) is 0 Å². The normalized spacial score (nSPS) is 20.3. The van der Waals surface area contributed by atoms with Gasteiger partial charge in [0, 0.05) is 23.5 Å². The molecule has 1 aromatic carbocycles. The Morgan fingerprint density at radius 3 is 2.78 bits per heavy atom. The van der Waals surface area contributed by atoms with E-state index in [0.29, 0.717) is 29.9 Å². The summed E-state index contributed by atoms with van der Waals surface area (Å²) in [6, 6.07) is 4.32. The average Bonchev–Trinajstić information content (AvgIpc) is 2.28. The number of carboxylic acids is 1. The molecule has 1 aliphatic heterocycles. The maximum absolute atomic E-state index is 11.0. The molecule has 0 bridgehead atoms. The number of nitrogen functional groups attached to an aromatic ring is 1. The van der Waals surface area contributed by atoms with E-state index in [1.165, 1.54) is 0 Å². The van der Waals surface area contributed by atoms with E-state index in [9.17, 15) is 9.90 Å². The van der Waals surface area contributed by atoms with Gasteiger partial charge in [0.05, 0.1) is 6.61 Å². The predicted molar refractivity (Wildman–Crippen MR) is 66.3 cm³/mol. The summed E-state index contributed by atoms with van der Waals surface area (Å²) in [5.41, 5.74) is 7.19. The summed E-state index contributed by atoms with van der Waals surface area (Å²) in [7, 11) is 0. The molecule has 18 heavy (non-hydrogen) atoms. The molecular weight excluding hydrogens is 236 g/mol. The van der Waals surface area contributed by atoms with Crippen LogP contribution in [0.4, 0.5) is 11.4 Å². The molecule has 0 amide bonds. The van der Waals surface area contributed by atoms with Crippen molar-refractivity contribution in [1.82, 2.24) is 0 Å². The lowest BCUT2D eigenvalue weighted by atomic mass is 9.97. The number of nitrogens with zero attached hydrogens (tertiary/aromatic N) is 1. The fourth-order valence-electron chi connectivity index (χ4n) is 2.13. The van der Waals surface area contributed by atoms with Crippen molar-refractivity contribution in [2.24, 2.45) is 0 Å². The van der Waals surface area contributed by atoms with Gasteiger partial charge >= 0.3 is 5.97 Å². The van der Waals surface area contributed by atoms with Crippen LogP contribution in [0.1, 0.15) is 18.1 Å². The second kappa shape index (κ2) is 4.83. The Balaban J connectivity index is 2.35. The Kier molecular flexibility index (Phi) is 3.40. The molecule has 0 aliphatic carbocycles. The molecule has 2 unspecified atom stereocenters. The van der Waals surface area contributed by atoms with Gasteiger partial charge < -0.3 is 26.0 Å². The summed E-state index contributed by atoms with van der Waals surface area (Å²) in [5.74, 6) is -0.887. The number of carboxylic acid groups (broad SMARTS) is 1. The van der Waals surface area contributed by atoms with Crippen molar-refractivity contribution in [3.8, 4) is 0 Å². The number of hydrogen-bond acceptors (Lipinski definition) is 5. The Hall–Kier alpha value is -1.79. The first-order valence-corrected chi connectivity index (χ1v) is 5.72. The van der Waals surface area contributed by atoms with Crippen LogP contribution in [-0.2, 0) is 4.79 Å².